The minimum Gasteiger partial charge on any atom is -0.380 e. The third kappa shape index (κ3) is 5.33. The van der Waals surface area contributed by atoms with Gasteiger partial charge >= 0.3 is 0 Å². The molecule has 0 spiro atoms. The standard InChI is InChI=1S/C23H30F2N2O2Si/c1-29-15-16-5-7-17(8-6-16)22(27-12-11-18(24)14-27)23(28)26-19-9-10-21(20(25)13-19)30(2,3)4/h5-10,13,18,22H,11-12,14-15H2,1-4H3,(H,26,28)/t18-,22+/m0/s1. The van der Waals surface area contributed by atoms with E-state index in [0.717, 1.165) is 16.3 Å². The van der Waals surface area contributed by atoms with Gasteiger partial charge in [0, 0.05) is 25.9 Å². The highest BCUT2D eigenvalue weighted by Crippen LogP contribution is 2.28. The number of amides is 1. The van der Waals surface area contributed by atoms with E-state index in [9.17, 15) is 13.6 Å². The quantitative estimate of drug-likeness (QED) is 0.666. The third-order valence-corrected chi connectivity index (χ3v) is 7.45. The zero-order valence-electron chi connectivity index (χ0n) is 18.0. The Labute approximate surface area is 178 Å². The van der Waals surface area contributed by atoms with Crippen molar-refractivity contribution in [2.24, 2.45) is 0 Å². The molecule has 1 heterocycles. The van der Waals surface area contributed by atoms with Gasteiger partial charge in [-0.15, -0.1) is 0 Å². The van der Waals surface area contributed by atoms with E-state index in [1.165, 1.54) is 6.07 Å². The molecule has 162 valence electrons. The summed E-state index contributed by atoms with van der Waals surface area (Å²) in [5.41, 5.74) is 2.19. The van der Waals surface area contributed by atoms with Gasteiger partial charge in [0.1, 0.15) is 18.0 Å². The monoisotopic (exact) mass is 432 g/mol. The molecule has 1 saturated heterocycles. The van der Waals surface area contributed by atoms with Crippen LogP contribution < -0.4 is 10.5 Å². The number of carbonyl (C=O) groups is 1. The number of halogens is 2. The number of likely N-dealkylation sites (tertiary alicyclic amines) is 1. The van der Waals surface area contributed by atoms with Crippen LogP contribution in [-0.2, 0) is 16.1 Å². The summed E-state index contributed by atoms with van der Waals surface area (Å²) in [5, 5.41) is 3.57. The molecule has 0 aliphatic carbocycles. The lowest BCUT2D eigenvalue weighted by Crippen LogP contribution is -2.40. The second-order valence-corrected chi connectivity index (χ2v) is 13.9. The van der Waals surface area contributed by atoms with Crippen molar-refractivity contribution in [2.45, 2.75) is 44.9 Å². The maximum atomic E-state index is 14.6. The van der Waals surface area contributed by atoms with Crippen LogP contribution in [0.5, 0.6) is 0 Å². The van der Waals surface area contributed by atoms with Gasteiger partial charge in [-0.05, 0) is 34.9 Å². The predicted octanol–water partition coefficient (Wildman–Crippen LogP) is 4.24. The summed E-state index contributed by atoms with van der Waals surface area (Å²) in [6, 6.07) is 11.8. The van der Waals surface area contributed by atoms with Crippen LogP contribution in [0.2, 0.25) is 19.6 Å². The lowest BCUT2D eigenvalue weighted by atomic mass is 10.0. The first kappa shape index (κ1) is 22.6. The van der Waals surface area contributed by atoms with E-state index < -0.39 is 20.3 Å². The van der Waals surface area contributed by atoms with E-state index in [0.29, 0.717) is 25.3 Å². The number of hydrogen-bond acceptors (Lipinski definition) is 3. The van der Waals surface area contributed by atoms with Crippen LogP contribution in [0.4, 0.5) is 14.5 Å². The first-order valence-electron chi connectivity index (χ1n) is 10.3. The van der Waals surface area contributed by atoms with Crippen molar-refractivity contribution in [1.82, 2.24) is 4.90 Å². The van der Waals surface area contributed by atoms with Gasteiger partial charge in [0.05, 0.1) is 14.7 Å². The van der Waals surface area contributed by atoms with Gasteiger partial charge in [0.25, 0.3) is 0 Å². The Balaban J connectivity index is 1.84. The number of alkyl halides is 1. The molecule has 1 aliphatic heterocycles. The average Bonchev–Trinajstić information content (AvgIpc) is 3.08. The highest BCUT2D eigenvalue weighted by molar-refractivity contribution is 6.88. The molecule has 7 heteroatoms. The molecule has 2 aromatic carbocycles. The molecule has 1 N–H and O–H groups in total. The van der Waals surface area contributed by atoms with Gasteiger partial charge < -0.3 is 10.1 Å². The van der Waals surface area contributed by atoms with Crippen molar-refractivity contribution in [2.75, 3.05) is 25.5 Å². The molecule has 1 fully saturated rings. The summed E-state index contributed by atoms with van der Waals surface area (Å²) in [7, 11) is -0.177. The fourth-order valence-electron chi connectivity index (χ4n) is 3.88. The van der Waals surface area contributed by atoms with Crippen LogP contribution in [0.1, 0.15) is 23.6 Å². The van der Waals surface area contributed by atoms with E-state index in [-0.39, 0.29) is 18.3 Å². The van der Waals surface area contributed by atoms with E-state index in [4.69, 9.17) is 4.74 Å². The minimum absolute atomic E-state index is 0.209. The fourth-order valence-corrected chi connectivity index (χ4v) is 5.25. The second kappa shape index (κ2) is 9.37. The molecule has 4 nitrogen and oxygen atoms in total. The van der Waals surface area contributed by atoms with Crippen LogP contribution >= 0.6 is 0 Å². The Hall–Kier alpha value is -2.09. The molecule has 0 bridgehead atoms. The number of nitrogens with zero attached hydrogens (tertiary/aromatic N) is 1. The average molecular weight is 433 g/mol. The molecule has 0 aromatic heterocycles. The van der Waals surface area contributed by atoms with Crippen LogP contribution in [0.25, 0.3) is 0 Å². The number of anilines is 1. The van der Waals surface area contributed by atoms with Crippen molar-refractivity contribution in [3.8, 4) is 0 Å². The molecule has 0 radical (unpaired) electrons. The summed E-state index contributed by atoms with van der Waals surface area (Å²) >= 11 is 0. The Morgan fingerprint density at radius 3 is 2.47 bits per heavy atom. The lowest BCUT2D eigenvalue weighted by molar-refractivity contribution is -0.121. The fraction of sp³-hybridized carbons (Fsp3) is 0.435. The topological polar surface area (TPSA) is 41.6 Å². The van der Waals surface area contributed by atoms with Crippen LogP contribution in [0.3, 0.4) is 0 Å². The Bertz CT molecular complexity index is 884. The maximum Gasteiger partial charge on any atom is 0.246 e. The number of ether oxygens (including phenoxy) is 1. The number of methoxy groups -OCH3 is 1. The molecular weight excluding hydrogens is 402 g/mol. The Morgan fingerprint density at radius 1 is 1.23 bits per heavy atom. The predicted molar refractivity (Wildman–Crippen MR) is 119 cm³/mol. The molecular formula is C23H30F2N2O2Si. The van der Waals surface area contributed by atoms with E-state index in [1.807, 2.05) is 29.2 Å². The molecule has 30 heavy (non-hydrogen) atoms. The first-order chi connectivity index (χ1) is 14.2. The van der Waals surface area contributed by atoms with E-state index in [1.54, 1.807) is 19.2 Å². The van der Waals surface area contributed by atoms with E-state index >= 15 is 0 Å². The molecule has 2 aromatic rings. The van der Waals surface area contributed by atoms with Gasteiger partial charge in [0.2, 0.25) is 5.91 Å². The number of benzene rings is 2. The number of rotatable bonds is 7. The van der Waals surface area contributed by atoms with Gasteiger partial charge in [-0.2, -0.15) is 0 Å². The molecule has 3 rings (SSSR count). The van der Waals surface area contributed by atoms with Crippen molar-refractivity contribution >= 4 is 24.9 Å². The van der Waals surface area contributed by atoms with Crippen molar-refractivity contribution in [1.29, 1.82) is 0 Å². The third-order valence-electron chi connectivity index (χ3n) is 5.43. The number of hydrogen-bond donors (Lipinski definition) is 1. The summed E-state index contributed by atoms with van der Waals surface area (Å²) in [6.07, 6.45) is -0.535. The summed E-state index contributed by atoms with van der Waals surface area (Å²) in [5.74, 6) is -0.582. The van der Waals surface area contributed by atoms with Gasteiger partial charge in [0.15, 0.2) is 0 Å². The maximum absolute atomic E-state index is 14.6. The summed E-state index contributed by atoms with van der Waals surface area (Å²) < 4.78 is 33.6. The molecule has 1 amide bonds. The van der Waals surface area contributed by atoms with Gasteiger partial charge in [-0.1, -0.05) is 50.0 Å². The van der Waals surface area contributed by atoms with Crippen molar-refractivity contribution < 1.29 is 18.3 Å². The molecule has 0 unspecified atom stereocenters. The zero-order valence-corrected chi connectivity index (χ0v) is 19.0. The zero-order chi connectivity index (χ0) is 21.9. The largest absolute Gasteiger partial charge is 0.380 e. The SMILES string of the molecule is COCc1ccc([C@H](C(=O)Nc2ccc([Si](C)(C)C)c(F)c2)N2CC[C@H](F)C2)cc1. The molecule has 0 saturated carbocycles. The van der Waals surface area contributed by atoms with Crippen molar-refractivity contribution in [3.63, 3.8) is 0 Å². The molecule has 2 atom stereocenters. The smallest absolute Gasteiger partial charge is 0.246 e. The van der Waals surface area contributed by atoms with Gasteiger partial charge in [-0.3, -0.25) is 9.69 Å². The Morgan fingerprint density at radius 2 is 1.93 bits per heavy atom. The lowest BCUT2D eigenvalue weighted by Gasteiger charge is -2.27. The summed E-state index contributed by atoms with van der Waals surface area (Å²) in [4.78, 5) is 15.0. The highest BCUT2D eigenvalue weighted by Gasteiger charge is 2.34. The van der Waals surface area contributed by atoms with Crippen LogP contribution in [0.15, 0.2) is 42.5 Å². The van der Waals surface area contributed by atoms with Gasteiger partial charge in [-0.25, -0.2) is 8.78 Å². The summed E-state index contributed by atoms with van der Waals surface area (Å²) in [6.45, 7) is 7.42. The van der Waals surface area contributed by atoms with Crippen molar-refractivity contribution in [3.05, 3.63) is 59.4 Å². The normalized spacial score (nSPS) is 18.4. The van der Waals surface area contributed by atoms with Crippen LogP contribution in [0, 0.1) is 5.82 Å². The van der Waals surface area contributed by atoms with Crippen LogP contribution in [-0.4, -0.2) is 45.3 Å². The molecule has 1 aliphatic rings. The van der Waals surface area contributed by atoms with E-state index in [2.05, 4.69) is 25.0 Å². The number of carbonyl (C=O) groups excluding carboxylic acids is 1. The minimum atomic E-state index is -1.80. The first-order valence-corrected chi connectivity index (χ1v) is 13.8. The Kier molecular flexibility index (Phi) is 7.05. The highest BCUT2D eigenvalue weighted by atomic mass is 28.3. The number of nitrogens with one attached hydrogen (secondary N) is 1. The second-order valence-electron chi connectivity index (χ2n) is 8.89.